The van der Waals surface area contributed by atoms with Gasteiger partial charge in [0.15, 0.2) is 0 Å². The largest absolute Gasteiger partial charge is 0.202 e. The van der Waals surface area contributed by atoms with E-state index in [9.17, 15) is 5.26 Å². The second-order valence-electron chi connectivity index (χ2n) is 4.19. The van der Waals surface area contributed by atoms with Crippen molar-refractivity contribution in [2.24, 2.45) is 0 Å². The van der Waals surface area contributed by atoms with E-state index in [1.54, 1.807) is 18.2 Å². The minimum Gasteiger partial charge on any atom is -0.202 e. The van der Waals surface area contributed by atoms with Crippen molar-refractivity contribution >= 4 is 34.4 Å². The highest BCUT2D eigenvalue weighted by Gasteiger charge is 2.07. The maximum absolute atomic E-state index is 9.35. The lowest BCUT2D eigenvalue weighted by Gasteiger charge is -2.00. The molecule has 0 radical (unpaired) electrons. The van der Waals surface area contributed by atoms with Gasteiger partial charge in [0.05, 0.1) is 5.52 Å². The lowest BCUT2D eigenvalue weighted by Crippen LogP contribution is -1.97. The summed E-state index contributed by atoms with van der Waals surface area (Å²) in [6, 6.07) is 16.9. The second kappa shape index (κ2) is 5.16. The average molecular weight is 281 g/mol. The molecule has 1 heterocycles. The van der Waals surface area contributed by atoms with E-state index in [0.717, 1.165) is 16.6 Å². The molecule has 4 nitrogen and oxygen atoms in total. The minimum absolute atomic E-state index is 0.390. The van der Waals surface area contributed by atoms with Crippen LogP contribution in [0.15, 0.2) is 48.5 Å². The summed E-state index contributed by atoms with van der Waals surface area (Å²) in [6.45, 7) is 0. The maximum Gasteiger partial charge on any atom is 0.145 e. The smallest absolute Gasteiger partial charge is 0.145 e. The van der Waals surface area contributed by atoms with Crippen molar-refractivity contribution in [2.45, 2.75) is 0 Å². The number of rotatable bonds is 2. The Kier molecular flexibility index (Phi) is 3.20. The van der Waals surface area contributed by atoms with Gasteiger partial charge in [-0.25, -0.2) is 4.68 Å². The summed E-state index contributed by atoms with van der Waals surface area (Å²) >= 11 is 5.94. The Hall–Kier alpha value is -2.64. The third-order valence-corrected chi connectivity index (χ3v) is 3.08. The summed E-state index contributed by atoms with van der Waals surface area (Å²) < 4.78 is 1.52. The molecule has 5 heteroatoms. The van der Waals surface area contributed by atoms with Crippen LogP contribution in [-0.4, -0.2) is 15.0 Å². The van der Waals surface area contributed by atoms with Crippen LogP contribution in [0, 0.1) is 11.3 Å². The average Bonchev–Trinajstić information content (AvgIpc) is 2.89. The Balaban J connectivity index is 2.13. The molecule has 0 aliphatic heterocycles. The zero-order chi connectivity index (χ0) is 13.9. The van der Waals surface area contributed by atoms with Crippen LogP contribution >= 0.6 is 11.6 Å². The lowest BCUT2D eigenvalue weighted by atomic mass is 10.2. The molecule has 0 amide bonds. The summed E-state index contributed by atoms with van der Waals surface area (Å²) in [4.78, 5) is 0. The van der Waals surface area contributed by atoms with Gasteiger partial charge in [-0.3, -0.25) is 0 Å². The van der Waals surface area contributed by atoms with Gasteiger partial charge in [-0.2, -0.15) is 5.26 Å². The maximum atomic E-state index is 9.35. The first-order chi connectivity index (χ1) is 9.78. The first-order valence-electron chi connectivity index (χ1n) is 5.96. The van der Waals surface area contributed by atoms with E-state index in [1.807, 2.05) is 36.4 Å². The predicted molar refractivity (Wildman–Crippen MR) is 78.8 cm³/mol. The molecule has 0 saturated heterocycles. The molecular weight excluding hydrogens is 272 g/mol. The number of para-hydroxylation sites is 1. The summed E-state index contributed by atoms with van der Waals surface area (Å²) in [7, 11) is 0. The quantitative estimate of drug-likeness (QED) is 0.674. The lowest BCUT2D eigenvalue weighted by molar-refractivity contribution is 0.848. The Labute approximate surface area is 120 Å². The van der Waals surface area contributed by atoms with Gasteiger partial charge in [0.1, 0.15) is 17.3 Å². The van der Waals surface area contributed by atoms with E-state index in [2.05, 4.69) is 16.4 Å². The number of allylic oxidation sites excluding steroid dienone is 1. The molecule has 0 saturated carbocycles. The van der Waals surface area contributed by atoms with Gasteiger partial charge < -0.3 is 0 Å². The van der Waals surface area contributed by atoms with Crippen LogP contribution in [0.25, 0.3) is 22.8 Å². The third kappa shape index (κ3) is 2.27. The van der Waals surface area contributed by atoms with E-state index in [1.165, 1.54) is 4.68 Å². The topological polar surface area (TPSA) is 54.5 Å². The molecule has 3 aromatic rings. The van der Waals surface area contributed by atoms with Gasteiger partial charge in [-0.1, -0.05) is 41.1 Å². The van der Waals surface area contributed by atoms with Gasteiger partial charge in [0.2, 0.25) is 0 Å². The van der Waals surface area contributed by atoms with Crippen LogP contribution in [0.4, 0.5) is 0 Å². The standard InChI is InChI=1S/C15H9ClN4/c16-12-5-3-4-11(8-12)9-13(10-17)20-15-7-2-1-6-14(15)18-19-20/h1-9H/b13-9+. The van der Waals surface area contributed by atoms with Gasteiger partial charge in [-0.15, -0.1) is 5.10 Å². The van der Waals surface area contributed by atoms with Crippen LogP contribution < -0.4 is 0 Å². The molecule has 0 aliphatic carbocycles. The second-order valence-corrected chi connectivity index (χ2v) is 4.62. The zero-order valence-electron chi connectivity index (χ0n) is 10.4. The molecule has 0 atom stereocenters. The highest BCUT2D eigenvalue weighted by atomic mass is 35.5. The van der Waals surface area contributed by atoms with Crippen molar-refractivity contribution in [1.29, 1.82) is 5.26 Å². The molecule has 96 valence electrons. The van der Waals surface area contributed by atoms with Crippen LogP contribution in [0.2, 0.25) is 5.02 Å². The first kappa shape index (κ1) is 12.4. The number of hydrogen-bond donors (Lipinski definition) is 0. The van der Waals surface area contributed by atoms with E-state index in [-0.39, 0.29) is 0 Å². The van der Waals surface area contributed by atoms with Crippen molar-refractivity contribution in [3.8, 4) is 6.07 Å². The van der Waals surface area contributed by atoms with Crippen molar-refractivity contribution in [3.05, 3.63) is 59.1 Å². The number of fused-ring (bicyclic) bond motifs is 1. The van der Waals surface area contributed by atoms with Gasteiger partial charge in [0.25, 0.3) is 0 Å². The fourth-order valence-electron chi connectivity index (χ4n) is 1.94. The minimum atomic E-state index is 0.390. The van der Waals surface area contributed by atoms with E-state index in [0.29, 0.717) is 10.7 Å². The number of nitriles is 1. The molecular formula is C15H9ClN4. The van der Waals surface area contributed by atoms with E-state index < -0.39 is 0 Å². The first-order valence-corrected chi connectivity index (χ1v) is 6.34. The normalized spacial score (nSPS) is 11.5. The van der Waals surface area contributed by atoms with E-state index >= 15 is 0 Å². The molecule has 1 aromatic heterocycles. The number of nitrogens with zero attached hydrogens (tertiary/aromatic N) is 4. The SMILES string of the molecule is N#C/C(=C\c1cccc(Cl)c1)n1nnc2ccccc21. The van der Waals surface area contributed by atoms with Crippen LogP contribution in [0.5, 0.6) is 0 Å². The number of halogens is 1. The number of hydrogen-bond acceptors (Lipinski definition) is 3. The van der Waals surface area contributed by atoms with Crippen molar-refractivity contribution < 1.29 is 0 Å². The summed E-state index contributed by atoms with van der Waals surface area (Å²) in [5, 5.41) is 18.0. The Morgan fingerprint density at radius 1 is 1.20 bits per heavy atom. The van der Waals surface area contributed by atoms with Gasteiger partial charge in [0, 0.05) is 5.02 Å². The highest BCUT2D eigenvalue weighted by Crippen LogP contribution is 2.18. The molecule has 0 fully saturated rings. The fraction of sp³-hybridized carbons (Fsp3) is 0. The van der Waals surface area contributed by atoms with Gasteiger partial charge >= 0.3 is 0 Å². The van der Waals surface area contributed by atoms with Crippen molar-refractivity contribution in [2.75, 3.05) is 0 Å². The van der Waals surface area contributed by atoms with Crippen LogP contribution in [-0.2, 0) is 0 Å². The fourth-order valence-corrected chi connectivity index (χ4v) is 2.14. The van der Waals surface area contributed by atoms with E-state index in [4.69, 9.17) is 11.6 Å². The molecule has 0 bridgehead atoms. The predicted octanol–water partition coefficient (Wildman–Crippen LogP) is 3.61. The Morgan fingerprint density at radius 2 is 2.05 bits per heavy atom. The highest BCUT2D eigenvalue weighted by molar-refractivity contribution is 6.30. The Bertz CT molecular complexity index is 842. The molecule has 20 heavy (non-hydrogen) atoms. The molecule has 0 unspecified atom stereocenters. The summed E-state index contributed by atoms with van der Waals surface area (Å²) in [6.07, 6.45) is 1.73. The number of aromatic nitrogens is 3. The molecule has 2 aromatic carbocycles. The molecule has 3 rings (SSSR count). The summed E-state index contributed by atoms with van der Waals surface area (Å²) in [5.74, 6) is 0. The van der Waals surface area contributed by atoms with Crippen molar-refractivity contribution in [1.82, 2.24) is 15.0 Å². The monoisotopic (exact) mass is 280 g/mol. The molecule has 0 spiro atoms. The van der Waals surface area contributed by atoms with Crippen molar-refractivity contribution in [3.63, 3.8) is 0 Å². The number of benzene rings is 2. The zero-order valence-corrected chi connectivity index (χ0v) is 11.1. The van der Waals surface area contributed by atoms with Crippen LogP contribution in [0.3, 0.4) is 0 Å². The summed E-state index contributed by atoms with van der Waals surface area (Å²) in [5.41, 5.74) is 2.77. The van der Waals surface area contributed by atoms with Gasteiger partial charge in [-0.05, 0) is 35.9 Å². The molecule has 0 N–H and O–H groups in total. The van der Waals surface area contributed by atoms with Crippen LogP contribution in [0.1, 0.15) is 5.56 Å². The Morgan fingerprint density at radius 3 is 2.85 bits per heavy atom. The third-order valence-electron chi connectivity index (χ3n) is 2.85. The molecule has 0 aliphatic rings.